The Labute approximate surface area is 157 Å². The topological polar surface area (TPSA) is 93.7 Å². The van der Waals surface area contributed by atoms with Crippen LogP contribution in [0.4, 0.5) is 5.69 Å². The van der Waals surface area contributed by atoms with E-state index >= 15 is 0 Å². The molecule has 27 heavy (non-hydrogen) atoms. The number of esters is 1. The molecule has 0 saturated carbocycles. The Bertz CT molecular complexity index is 775. The molecule has 0 radical (unpaired) electrons. The molecule has 0 spiro atoms. The predicted octanol–water partition coefficient (Wildman–Crippen LogP) is 2.39. The molecule has 2 rings (SSSR count). The predicted molar refractivity (Wildman–Crippen MR) is 101 cm³/mol. The summed E-state index contributed by atoms with van der Waals surface area (Å²) in [6.45, 7) is 1.37. The summed E-state index contributed by atoms with van der Waals surface area (Å²) in [6, 6.07) is 15.3. The highest BCUT2D eigenvalue weighted by molar-refractivity contribution is 5.96. The van der Waals surface area contributed by atoms with Crippen molar-refractivity contribution >= 4 is 23.5 Å². The highest BCUT2D eigenvalue weighted by Crippen LogP contribution is 2.13. The summed E-state index contributed by atoms with van der Waals surface area (Å²) in [6.07, 6.45) is -0.372. The molecule has 2 aromatic rings. The highest BCUT2D eigenvalue weighted by atomic mass is 16.6. The molecule has 0 fully saturated rings. The second kappa shape index (κ2) is 9.96. The van der Waals surface area contributed by atoms with Gasteiger partial charge >= 0.3 is 5.97 Å². The van der Waals surface area contributed by atoms with Crippen molar-refractivity contribution in [2.75, 3.05) is 19.0 Å². The van der Waals surface area contributed by atoms with Gasteiger partial charge in [0.25, 0.3) is 11.8 Å². The molecule has 0 bridgehead atoms. The lowest BCUT2D eigenvalue weighted by atomic mass is 10.2. The van der Waals surface area contributed by atoms with E-state index in [-0.39, 0.29) is 5.91 Å². The lowest BCUT2D eigenvalue weighted by Crippen LogP contribution is -2.31. The first-order valence-corrected chi connectivity index (χ1v) is 8.53. The SMILES string of the molecule is CC[C@@H](Oc1ccccc1)C(=O)OCC(=O)Nc1ccc(C(=O)NC)cc1. The van der Waals surface area contributed by atoms with Crippen LogP contribution in [0.1, 0.15) is 23.7 Å². The monoisotopic (exact) mass is 370 g/mol. The van der Waals surface area contributed by atoms with Gasteiger partial charge in [-0.05, 0) is 42.8 Å². The number of ether oxygens (including phenoxy) is 2. The molecule has 0 heterocycles. The fourth-order valence-electron chi connectivity index (χ4n) is 2.24. The van der Waals surface area contributed by atoms with Gasteiger partial charge in [0.2, 0.25) is 0 Å². The van der Waals surface area contributed by atoms with Crippen molar-refractivity contribution in [2.45, 2.75) is 19.4 Å². The molecule has 2 N–H and O–H groups in total. The number of rotatable bonds is 8. The van der Waals surface area contributed by atoms with Crippen molar-refractivity contribution in [1.82, 2.24) is 5.32 Å². The molecule has 7 heteroatoms. The van der Waals surface area contributed by atoms with Gasteiger partial charge in [-0.2, -0.15) is 0 Å². The number of nitrogens with one attached hydrogen (secondary N) is 2. The van der Waals surface area contributed by atoms with Crippen LogP contribution in [0.5, 0.6) is 5.75 Å². The molecular formula is C20H22N2O5. The Balaban J connectivity index is 1.83. The molecule has 0 aliphatic heterocycles. The standard InChI is InChI=1S/C20H22N2O5/c1-3-17(27-16-7-5-4-6-8-16)20(25)26-13-18(23)22-15-11-9-14(10-12-15)19(24)21-2/h4-12,17H,3,13H2,1-2H3,(H,21,24)(H,22,23)/t17-/m1/s1. The van der Waals surface area contributed by atoms with Crippen molar-refractivity contribution in [3.8, 4) is 5.75 Å². The van der Waals surface area contributed by atoms with E-state index in [0.29, 0.717) is 23.4 Å². The van der Waals surface area contributed by atoms with Gasteiger partial charge in [-0.1, -0.05) is 25.1 Å². The van der Waals surface area contributed by atoms with Crippen LogP contribution in [0.15, 0.2) is 54.6 Å². The summed E-state index contributed by atoms with van der Waals surface area (Å²) < 4.78 is 10.6. The molecule has 0 aliphatic carbocycles. The lowest BCUT2D eigenvalue weighted by molar-refractivity contribution is -0.154. The van der Waals surface area contributed by atoms with E-state index in [1.165, 1.54) is 7.05 Å². The fraction of sp³-hybridized carbons (Fsp3) is 0.250. The molecule has 0 saturated heterocycles. The maximum atomic E-state index is 12.1. The quantitative estimate of drug-likeness (QED) is 0.696. The maximum Gasteiger partial charge on any atom is 0.347 e. The van der Waals surface area contributed by atoms with Crippen LogP contribution in [0.2, 0.25) is 0 Å². The van der Waals surface area contributed by atoms with Crippen molar-refractivity contribution < 1.29 is 23.9 Å². The van der Waals surface area contributed by atoms with Crippen molar-refractivity contribution in [1.29, 1.82) is 0 Å². The molecule has 0 aromatic heterocycles. The van der Waals surface area contributed by atoms with Gasteiger partial charge in [-0.25, -0.2) is 4.79 Å². The van der Waals surface area contributed by atoms with E-state index in [1.54, 1.807) is 55.5 Å². The smallest absolute Gasteiger partial charge is 0.347 e. The van der Waals surface area contributed by atoms with Crippen LogP contribution >= 0.6 is 0 Å². The molecule has 142 valence electrons. The molecule has 0 aliphatic rings. The first-order valence-electron chi connectivity index (χ1n) is 8.53. The zero-order chi connectivity index (χ0) is 19.6. The molecular weight excluding hydrogens is 348 g/mol. The van der Waals surface area contributed by atoms with Gasteiger partial charge in [0.15, 0.2) is 12.7 Å². The molecule has 0 unspecified atom stereocenters. The average Bonchev–Trinajstić information content (AvgIpc) is 2.71. The average molecular weight is 370 g/mol. The molecule has 1 atom stereocenters. The third-order valence-corrected chi connectivity index (χ3v) is 3.66. The third kappa shape index (κ3) is 6.14. The summed E-state index contributed by atoms with van der Waals surface area (Å²) >= 11 is 0. The van der Waals surface area contributed by atoms with Crippen molar-refractivity contribution in [2.24, 2.45) is 0 Å². The van der Waals surface area contributed by atoms with Crippen LogP contribution in [-0.2, 0) is 14.3 Å². The van der Waals surface area contributed by atoms with E-state index in [4.69, 9.17) is 9.47 Å². The first-order chi connectivity index (χ1) is 13.0. The van der Waals surface area contributed by atoms with Crippen LogP contribution in [0, 0.1) is 0 Å². The van der Waals surface area contributed by atoms with Crippen molar-refractivity contribution in [3.05, 3.63) is 60.2 Å². The van der Waals surface area contributed by atoms with Crippen LogP contribution in [-0.4, -0.2) is 37.5 Å². The van der Waals surface area contributed by atoms with E-state index < -0.39 is 24.6 Å². The molecule has 7 nitrogen and oxygen atoms in total. The number of anilines is 1. The summed E-state index contributed by atoms with van der Waals surface area (Å²) in [7, 11) is 1.54. The molecule has 2 aromatic carbocycles. The Morgan fingerprint density at radius 3 is 2.26 bits per heavy atom. The normalized spacial score (nSPS) is 11.2. The number of carbonyl (C=O) groups excluding carboxylic acids is 3. The van der Waals surface area contributed by atoms with E-state index in [2.05, 4.69) is 10.6 Å². The van der Waals surface area contributed by atoms with E-state index in [1.807, 2.05) is 6.07 Å². The lowest BCUT2D eigenvalue weighted by Gasteiger charge is -2.16. The number of para-hydroxylation sites is 1. The molecule has 2 amide bonds. The fourth-order valence-corrected chi connectivity index (χ4v) is 2.24. The summed E-state index contributed by atoms with van der Waals surface area (Å²) in [4.78, 5) is 35.5. The van der Waals surface area contributed by atoms with Gasteiger partial charge in [0.05, 0.1) is 0 Å². The number of amides is 2. The zero-order valence-corrected chi connectivity index (χ0v) is 15.2. The second-order valence-electron chi connectivity index (χ2n) is 5.64. The zero-order valence-electron chi connectivity index (χ0n) is 15.2. The number of benzene rings is 2. The van der Waals surface area contributed by atoms with Crippen molar-refractivity contribution in [3.63, 3.8) is 0 Å². The number of hydrogen-bond donors (Lipinski definition) is 2. The minimum Gasteiger partial charge on any atom is -0.479 e. The van der Waals surface area contributed by atoms with Gasteiger partial charge in [-0.3, -0.25) is 9.59 Å². The van der Waals surface area contributed by atoms with Gasteiger partial charge in [0, 0.05) is 18.3 Å². The van der Waals surface area contributed by atoms with E-state index in [9.17, 15) is 14.4 Å². The van der Waals surface area contributed by atoms with Crippen LogP contribution < -0.4 is 15.4 Å². The highest BCUT2D eigenvalue weighted by Gasteiger charge is 2.21. The Hall–Kier alpha value is -3.35. The number of carbonyl (C=O) groups is 3. The Morgan fingerprint density at radius 2 is 1.67 bits per heavy atom. The first kappa shape index (κ1) is 20.0. The van der Waals surface area contributed by atoms with Crippen LogP contribution in [0.3, 0.4) is 0 Å². The summed E-state index contributed by atoms with van der Waals surface area (Å²) in [5.74, 6) is -0.745. The minimum absolute atomic E-state index is 0.217. The minimum atomic E-state index is -0.785. The third-order valence-electron chi connectivity index (χ3n) is 3.66. The largest absolute Gasteiger partial charge is 0.479 e. The summed E-state index contributed by atoms with van der Waals surface area (Å²) in [5, 5.41) is 5.11. The second-order valence-corrected chi connectivity index (χ2v) is 5.64. The number of hydrogen-bond acceptors (Lipinski definition) is 5. The Morgan fingerprint density at radius 1 is 1.00 bits per heavy atom. The van der Waals surface area contributed by atoms with E-state index in [0.717, 1.165) is 0 Å². The van der Waals surface area contributed by atoms with Crippen LogP contribution in [0.25, 0.3) is 0 Å². The van der Waals surface area contributed by atoms with Gasteiger partial charge in [-0.15, -0.1) is 0 Å². The Kier molecular flexibility index (Phi) is 7.37. The summed E-state index contributed by atoms with van der Waals surface area (Å²) in [5.41, 5.74) is 0.974. The van der Waals surface area contributed by atoms with Gasteiger partial charge < -0.3 is 20.1 Å². The van der Waals surface area contributed by atoms with Gasteiger partial charge in [0.1, 0.15) is 5.75 Å². The maximum absolute atomic E-state index is 12.1.